The highest BCUT2D eigenvalue weighted by Crippen LogP contribution is 2.23. The van der Waals surface area contributed by atoms with Crippen molar-refractivity contribution in [2.45, 2.75) is 58.3 Å². The zero-order valence-corrected chi connectivity index (χ0v) is 16.1. The molecular formula is C22H32N2O2. The molecule has 0 aromatic heterocycles. The first-order valence-electron chi connectivity index (χ1n) is 10.2. The molecule has 0 aliphatic carbocycles. The smallest absolute Gasteiger partial charge is 0.222 e. The molecule has 1 unspecified atom stereocenters. The molecule has 2 heterocycles. The fourth-order valence-electron chi connectivity index (χ4n) is 4.30. The van der Waals surface area contributed by atoms with Crippen molar-refractivity contribution >= 4 is 11.8 Å². The van der Waals surface area contributed by atoms with Gasteiger partial charge >= 0.3 is 0 Å². The molecule has 0 bridgehead atoms. The lowest BCUT2D eigenvalue weighted by atomic mass is 9.90. The lowest BCUT2D eigenvalue weighted by Gasteiger charge is -2.33. The molecule has 3 rings (SSSR count). The van der Waals surface area contributed by atoms with Gasteiger partial charge in [-0.3, -0.25) is 9.59 Å². The zero-order chi connectivity index (χ0) is 18.4. The van der Waals surface area contributed by atoms with Crippen molar-refractivity contribution in [3.05, 3.63) is 35.4 Å². The lowest BCUT2D eigenvalue weighted by molar-refractivity contribution is -0.134. The summed E-state index contributed by atoms with van der Waals surface area (Å²) in [6.07, 6.45) is 7.66. The van der Waals surface area contributed by atoms with Gasteiger partial charge in [0.25, 0.3) is 0 Å². The standard InChI is InChI=1S/C22H32N2O2/c1-18-7-2-3-9-20(18)13-12-19-8-4-16-24(17-19)22(26)11-6-15-23-14-5-10-21(23)25/h2-3,7,9,19H,4-6,8,10-17H2,1H3. The monoisotopic (exact) mass is 356 g/mol. The van der Waals surface area contributed by atoms with Crippen LogP contribution in [0.15, 0.2) is 24.3 Å². The van der Waals surface area contributed by atoms with Gasteiger partial charge in [0.1, 0.15) is 0 Å². The number of piperidine rings is 1. The van der Waals surface area contributed by atoms with Gasteiger partial charge < -0.3 is 9.80 Å². The quantitative estimate of drug-likeness (QED) is 0.749. The third-order valence-electron chi connectivity index (χ3n) is 5.94. The zero-order valence-electron chi connectivity index (χ0n) is 16.1. The predicted octanol–water partition coefficient (Wildman–Crippen LogP) is 3.57. The highest BCUT2D eigenvalue weighted by Gasteiger charge is 2.24. The van der Waals surface area contributed by atoms with Crippen LogP contribution in [0, 0.1) is 12.8 Å². The maximum Gasteiger partial charge on any atom is 0.222 e. The number of hydrogen-bond donors (Lipinski definition) is 0. The van der Waals surface area contributed by atoms with E-state index in [1.54, 1.807) is 0 Å². The van der Waals surface area contributed by atoms with E-state index in [2.05, 4.69) is 36.1 Å². The SMILES string of the molecule is Cc1ccccc1CCC1CCCN(C(=O)CCCN2CCCC2=O)C1. The van der Waals surface area contributed by atoms with Gasteiger partial charge in [0.15, 0.2) is 0 Å². The van der Waals surface area contributed by atoms with Gasteiger partial charge in [0, 0.05) is 39.0 Å². The van der Waals surface area contributed by atoms with Gasteiger partial charge in [-0.2, -0.15) is 0 Å². The van der Waals surface area contributed by atoms with Crippen molar-refractivity contribution in [3.8, 4) is 0 Å². The molecular weight excluding hydrogens is 324 g/mol. The number of rotatable bonds is 7. The third-order valence-corrected chi connectivity index (χ3v) is 5.94. The minimum Gasteiger partial charge on any atom is -0.343 e. The summed E-state index contributed by atoms with van der Waals surface area (Å²) in [6.45, 7) is 5.61. The van der Waals surface area contributed by atoms with Crippen molar-refractivity contribution < 1.29 is 9.59 Å². The molecule has 2 saturated heterocycles. The number of nitrogens with zero attached hydrogens (tertiary/aromatic N) is 2. The van der Waals surface area contributed by atoms with Gasteiger partial charge in [-0.05, 0) is 62.5 Å². The number of carbonyl (C=O) groups excluding carboxylic acids is 2. The van der Waals surface area contributed by atoms with Crippen LogP contribution in [0.1, 0.15) is 56.1 Å². The second-order valence-electron chi connectivity index (χ2n) is 7.90. The van der Waals surface area contributed by atoms with Crippen LogP contribution in [0.3, 0.4) is 0 Å². The van der Waals surface area contributed by atoms with Crippen molar-refractivity contribution in [3.63, 3.8) is 0 Å². The first kappa shape index (κ1) is 18.9. The van der Waals surface area contributed by atoms with Crippen molar-refractivity contribution in [2.24, 2.45) is 5.92 Å². The first-order chi connectivity index (χ1) is 12.6. The van der Waals surface area contributed by atoms with Gasteiger partial charge in [-0.15, -0.1) is 0 Å². The second-order valence-corrected chi connectivity index (χ2v) is 7.90. The number of benzene rings is 1. The summed E-state index contributed by atoms with van der Waals surface area (Å²) in [5.41, 5.74) is 2.80. The van der Waals surface area contributed by atoms with Crippen LogP contribution < -0.4 is 0 Å². The Morgan fingerprint density at radius 3 is 2.81 bits per heavy atom. The minimum atomic E-state index is 0.256. The van der Waals surface area contributed by atoms with Crippen molar-refractivity contribution in [1.82, 2.24) is 9.80 Å². The number of hydrogen-bond acceptors (Lipinski definition) is 2. The normalized spacial score (nSPS) is 20.7. The molecule has 0 N–H and O–H groups in total. The Morgan fingerprint density at radius 1 is 1.19 bits per heavy atom. The molecule has 2 aliphatic rings. The van der Waals surface area contributed by atoms with E-state index in [0.717, 1.165) is 58.3 Å². The summed E-state index contributed by atoms with van der Waals surface area (Å²) in [7, 11) is 0. The van der Waals surface area contributed by atoms with E-state index in [1.807, 2.05) is 4.90 Å². The van der Waals surface area contributed by atoms with E-state index >= 15 is 0 Å². The molecule has 0 radical (unpaired) electrons. The maximum atomic E-state index is 12.5. The highest BCUT2D eigenvalue weighted by atomic mass is 16.2. The Hall–Kier alpha value is -1.84. The van der Waals surface area contributed by atoms with E-state index in [1.165, 1.54) is 17.5 Å². The summed E-state index contributed by atoms with van der Waals surface area (Å²) in [5.74, 6) is 1.15. The summed E-state index contributed by atoms with van der Waals surface area (Å²) in [5, 5.41) is 0. The van der Waals surface area contributed by atoms with E-state index in [0.29, 0.717) is 18.8 Å². The van der Waals surface area contributed by atoms with E-state index in [-0.39, 0.29) is 11.8 Å². The summed E-state index contributed by atoms with van der Waals surface area (Å²) in [6, 6.07) is 8.61. The Balaban J connectivity index is 1.40. The fraction of sp³-hybridized carbons (Fsp3) is 0.636. The van der Waals surface area contributed by atoms with Gasteiger partial charge in [0.2, 0.25) is 11.8 Å². The molecule has 2 aliphatic heterocycles. The van der Waals surface area contributed by atoms with Crippen LogP contribution >= 0.6 is 0 Å². The highest BCUT2D eigenvalue weighted by molar-refractivity contribution is 5.78. The number of aryl methyl sites for hydroxylation is 2. The van der Waals surface area contributed by atoms with E-state index in [9.17, 15) is 9.59 Å². The molecule has 26 heavy (non-hydrogen) atoms. The Kier molecular flexibility index (Phi) is 6.70. The Morgan fingerprint density at radius 2 is 2.04 bits per heavy atom. The Bertz CT molecular complexity index is 628. The topological polar surface area (TPSA) is 40.6 Å². The molecule has 142 valence electrons. The molecule has 1 aromatic carbocycles. The fourth-order valence-corrected chi connectivity index (χ4v) is 4.30. The van der Waals surface area contributed by atoms with Crippen LogP contribution in [0.2, 0.25) is 0 Å². The number of carbonyl (C=O) groups is 2. The third kappa shape index (κ3) is 5.09. The van der Waals surface area contributed by atoms with Crippen molar-refractivity contribution in [1.29, 1.82) is 0 Å². The van der Waals surface area contributed by atoms with Crippen LogP contribution in [-0.4, -0.2) is 47.8 Å². The summed E-state index contributed by atoms with van der Waals surface area (Å²) in [4.78, 5) is 28.2. The predicted molar refractivity (Wildman–Crippen MR) is 104 cm³/mol. The van der Waals surface area contributed by atoms with Gasteiger partial charge in [-0.25, -0.2) is 0 Å². The van der Waals surface area contributed by atoms with E-state index in [4.69, 9.17) is 0 Å². The number of amides is 2. The minimum absolute atomic E-state index is 0.256. The molecule has 1 aromatic rings. The lowest BCUT2D eigenvalue weighted by Crippen LogP contribution is -2.40. The largest absolute Gasteiger partial charge is 0.343 e. The van der Waals surface area contributed by atoms with Gasteiger partial charge in [-0.1, -0.05) is 24.3 Å². The van der Waals surface area contributed by atoms with Crippen LogP contribution in [0.5, 0.6) is 0 Å². The molecule has 1 atom stereocenters. The summed E-state index contributed by atoms with van der Waals surface area (Å²) >= 11 is 0. The molecule has 0 spiro atoms. The molecule has 2 fully saturated rings. The van der Waals surface area contributed by atoms with Crippen LogP contribution in [0.4, 0.5) is 0 Å². The summed E-state index contributed by atoms with van der Waals surface area (Å²) < 4.78 is 0. The average molecular weight is 357 g/mol. The second kappa shape index (κ2) is 9.20. The number of likely N-dealkylation sites (tertiary alicyclic amines) is 2. The molecule has 4 heteroatoms. The molecule has 0 saturated carbocycles. The Labute approximate surface area is 157 Å². The average Bonchev–Trinajstić information content (AvgIpc) is 3.06. The first-order valence-corrected chi connectivity index (χ1v) is 10.2. The van der Waals surface area contributed by atoms with E-state index < -0.39 is 0 Å². The van der Waals surface area contributed by atoms with Crippen LogP contribution in [0.25, 0.3) is 0 Å². The molecule has 2 amide bonds. The van der Waals surface area contributed by atoms with Gasteiger partial charge in [0.05, 0.1) is 0 Å². The van der Waals surface area contributed by atoms with Crippen molar-refractivity contribution in [2.75, 3.05) is 26.2 Å². The maximum absolute atomic E-state index is 12.5. The van der Waals surface area contributed by atoms with Crippen LogP contribution in [-0.2, 0) is 16.0 Å². The molecule has 4 nitrogen and oxygen atoms in total.